The number of carbonyl (C=O) groups is 1. The van der Waals surface area contributed by atoms with Crippen molar-refractivity contribution in [3.63, 3.8) is 0 Å². The largest absolute Gasteiger partial charge is 1.00 e. The van der Waals surface area contributed by atoms with Gasteiger partial charge in [-0.3, -0.25) is 4.79 Å². The SMILES string of the molecule is NCC(=O)O.[CH-]1CCCC1.[Na+]. The number of carboxylic acids is 1. The topological polar surface area (TPSA) is 63.3 Å². The van der Waals surface area contributed by atoms with Gasteiger partial charge in [-0.1, -0.05) is 12.8 Å². The van der Waals surface area contributed by atoms with Crippen molar-refractivity contribution in [2.75, 3.05) is 6.54 Å². The Morgan fingerprint density at radius 1 is 1.45 bits per heavy atom. The van der Waals surface area contributed by atoms with Crippen LogP contribution in [0.5, 0.6) is 0 Å². The molecule has 0 spiro atoms. The summed E-state index contributed by atoms with van der Waals surface area (Å²) in [6.45, 7) is -0.278. The number of nitrogens with two attached hydrogens (primary N) is 1. The molecule has 0 bridgehead atoms. The summed E-state index contributed by atoms with van der Waals surface area (Å²) >= 11 is 0. The van der Waals surface area contributed by atoms with Crippen LogP contribution in [0.1, 0.15) is 25.7 Å². The third-order valence-corrected chi connectivity index (χ3v) is 1.24. The summed E-state index contributed by atoms with van der Waals surface area (Å²) in [6.07, 6.45) is 8.00. The molecule has 0 radical (unpaired) electrons. The minimum atomic E-state index is -0.968. The van der Waals surface area contributed by atoms with Crippen molar-refractivity contribution < 1.29 is 39.5 Å². The summed E-state index contributed by atoms with van der Waals surface area (Å²) in [4.78, 5) is 9.24. The summed E-state index contributed by atoms with van der Waals surface area (Å²) in [5, 5.41) is 7.60. The summed E-state index contributed by atoms with van der Waals surface area (Å²) in [6, 6.07) is 0. The minimum absolute atomic E-state index is 0. The number of carboxylic acid groups (broad SMARTS) is 1. The minimum Gasteiger partial charge on any atom is -0.480 e. The van der Waals surface area contributed by atoms with E-state index in [-0.39, 0.29) is 36.1 Å². The zero-order chi connectivity index (χ0) is 7.82. The van der Waals surface area contributed by atoms with Gasteiger partial charge in [0.05, 0.1) is 6.54 Å². The van der Waals surface area contributed by atoms with Gasteiger partial charge in [-0.15, -0.1) is 0 Å². The summed E-state index contributed by atoms with van der Waals surface area (Å²) in [5.74, 6) is -0.968. The predicted molar refractivity (Wildman–Crippen MR) is 39.5 cm³/mol. The van der Waals surface area contributed by atoms with E-state index in [1.165, 1.54) is 25.7 Å². The molecule has 1 aliphatic rings. The van der Waals surface area contributed by atoms with Crippen molar-refractivity contribution in [2.45, 2.75) is 25.7 Å². The van der Waals surface area contributed by atoms with Crippen LogP contribution in [-0.2, 0) is 4.79 Å². The van der Waals surface area contributed by atoms with Gasteiger partial charge >= 0.3 is 35.5 Å². The third kappa shape index (κ3) is 13.4. The van der Waals surface area contributed by atoms with E-state index < -0.39 is 5.97 Å². The normalized spacial score (nSPS) is 14.3. The fraction of sp³-hybridized carbons (Fsp3) is 0.714. The van der Waals surface area contributed by atoms with Crippen LogP contribution in [0.3, 0.4) is 0 Å². The fourth-order valence-corrected chi connectivity index (χ4v) is 0.722. The van der Waals surface area contributed by atoms with Crippen molar-refractivity contribution in [3.05, 3.63) is 6.42 Å². The van der Waals surface area contributed by atoms with Crippen LogP contribution in [-0.4, -0.2) is 17.6 Å². The van der Waals surface area contributed by atoms with Crippen molar-refractivity contribution >= 4 is 5.97 Å². The maximum Gasteiger partial charge on any atom is 1.00 e. The Morgan fingerprint density at radius 3 is 1.91 bits per heavy atom. The Balaban J connectivity index is 0. The predicted octanol–water partition coefficient (Wildman–Crippen LogP) is -2.20. The molecule has 0 aromatic carbocycles. The Kier molecular flexibility index (Phi) is 13.3. The van der Waals surface area contributed by atoms with Crippen molar-refractivity contribution in [1.29, 1.82) is 0 Å². The Morgan fingerprint density at radius 2 is 1.82 bits per heavy atom. The summed E-state index contributed by atoms with van der Waals surface area (Å²) in [7, 11) is 0. The molecule has 0 aliphatic heterocycles. The molecule has 3 nitrogen and oxygen atoms in total. The molecule has 1 aliphatic carbocycles. The molecule has 0 amide bonds. The number of rotatable bonds is 1. The number of hydrogen-bond donors (Lipinski definition) is 2. The molecular formula is C7H14NNaO2. The van der Waals surface area contributed by atoms with Crippen LogP contribution in [0.25, 0.3) is 0 Å². The van der Waals surface area contributed by atoms with Crippen LogP contribution >= 0.6 is 0 Å². The van der Waals surface area contributed by atoms with Gasteiger partial charge in [0.2, 0.25) is 0 Å². The maximum atomic E-state index is 9.24. The molecule has 0 aromatic rings. The standard InChI is InChI=1S/C5H9.C2H5NO2.Na/c1-2-4-5-3-1;3-1-2(4)5;/h1H,2-5H2;1,3H2,(H,4,5);/q-1;;+1. The molecule has 1 saturated carbocycles. The molecule has 0 heterocycles. The quantitative estimate of drug-likeness (QED) is 0.344. The van der Waals surface area contributed by atoms with Gasteiger partial charge in [0, 0.05) is 0 Å². The fourth-order valence-electron chi connectivity index (χ4n) is 0.722. The Labute approximate surface area is 89.6 Å². The van der Waals surface area contributed by atoms with Crippen LogP contribution in [0.15, 0.2) is 0 Å². The Hall–Kier alpha value is 0.430. The average Bonchev–Trinajstić information content (AvgIpc) is 2.43. The second kappa shape index (κ2) is 10.4. The van der Waals surface area contributed by atoms with E-state index in [1.807, 2.05) is 0 Å². The van der Waals surface area contributed by atoms with E-state index in [2.05, 4.69) is 12.2 Å². The summed E-state index contributed by atoms with van der Waals surface area (Å²) < 4.78 is 0. The second-order valence-corrected chi connectivity index (χ2v) is 2.17. The molecule has 1 fully saturated rings. The molecule has 4 heteroatoms. The number of hydrogen-bond acceptors (Lipinski definition) is 2. The van der Waals surface area contributed by atoms with Crippen molar-refractivity contribution in [2.24, 2.45) is 5.73 Å². The smallest absolute Gasteiger partial charge is 0.480 e. The van der Waals surface area contributed by atoms with Gasteiger partial charge in [0.15, 0.2) is 0 Å². The first-order chi connectivity index (χ1) is 4.77. The van der Waals surface area contributed by atoms with E-state index >= 15 is 0 Å². The maximum absolute atomic E-state index is 9.24. The Bertz CT molecular complexity index is 86.8. The second-order valence-electron chi connectivity index (χ2n) is 2.17. The van der Waals surface area contributed by atoms with Gasteiger partial charge in [-0.2, -0.15) is 12.8 Å². The van der Waals surface area contributed by atoms with E-state index in [9.17, 15) is 4.79 Å². The van der Waals surface area contributed by atoms with Gasteiger partial charge < -0.3 is 17.3 Å². The van der Waals surface area contributed by atoms with E-state index in [0.717, 1.165) is 0 Å². The van der Waals surface area contributed by atoms with Crippen molar-refractivity contribution in [3.8, 4) is 0 Å². The monoisotopic (exact) mass is 167 g/mol. The molecule has 3 N–H and O–H groups in total. The molecule has 0 aromatic heterocycles. The molecule has 11 heavy (non-hydrogen) atoms. The van der Waals surface area contributed by atoms with Crippen LogP contribution in [0.2, 0.25) is 0 Å². The molecule has 0 saturated heterocycles. The molecule has 0 atom stereocenters. The summed E-state index contributed by atoms with van der Waals surface area (Å²) in [5.41, 5.74) is 4.57. The zero-order valence-electron chi connectivity index (χ0n) is 7.05. The molecular weight excluding hydrogens is 153 g/mol. The van der Waals surface area contributed by atoms with Crippen LogP contribution < -0.4 is 35.3 Å². The molecule has 60 valence electrons. The van der Waals surface area contributed by atoms with Gasteiger partial charge in [0.1, 0.15) is 0 Å². The zero-order valence-corrected chi connectivity index (χ0v) is 9.05. The first kappa shape index (κ1) is 14.0. The van der Waals surface area contributed by atoms with Gasteiger partial charge in [0.25, 0.3) is 0 Å². The van der Waals surface area contributed by atoms with Crippen LogP contribution in [0.4, 0.5) is 0 Å². The van der Waals surface area contributed by atoms with E-state index in [0.29, 0.717) is 0 Å². The molecule has 1 rings (SSSR count). The first-order valence-corrected chi connectivity index (χ1v) is 3.51. The third-order valence-electron chi connectivity index (χ3n) is 1.24. The van der Waals surface area contributed by atoms with Crippen molar-refractivity contribution in [1.82, 2.24) is 0 Å². The molecule has 0 unspecified atom stereocenters. The van der Waals surface area contributed by atoms with Gasteiger partial charge in [-0.25, -0.2) is 0 Å². The van der Waals surface area contributed by atoms with E-state index in [4.69, 9.17) is 5.11 Å². The van der Waals surface area contributed by atoms with Gasteiger partial charge in [-0.05, 0) is 0 Å². The van der Waals surface area contributed by atoms with E-state index in [1.54, 1.807) is 0 Å². The first-order valence-electron chi connectivity index (χ1n) is 3.51. The van der Waals surface area contributed by atoms with Crippen LogP contribution in [0, 0.1) is 6.42 Å². The number of aliphatic carboxylic acids is 1. The average molecular weight is 167 g/mol.